The number of hydrogen-bond acceptors (Lipinski definition) is 1. The zero-order chi connectivity index (χ0) is 13.4. The van der Waals surface area contributed by atoms with E-state index in [2.05, 4.69) is 31.9 Å². The normalized spacial score (nSPS) is 9.83. The van der Waals surface area contributed by atoms with E-state index in [-0.39, 0.29) is 0 Å². The summed E-state index contributed by atoms with van der Waals surface area (Å²) in [6.45, 7) is 14.1. The maximum absolute atomic E-state index is 5.78. The highest BCUT2D eigenvalue weighted by atomic mass is 16.5. The smallest absolute Gasteiger partial charge is 0.126 e. The summed E-state index contributed by atoms with van der Waals surface area (Å²) < 4.78 is 5.78. The van der Waals surface area contributed by atoms with E-state index in [0.29, 0.717) is 6.61 Å². The van der Waals surface area contributed by atoms with Gasteiger partial charge >= 0.3 is 0 Å². The lowest BCUT2D eigenvalue weighted by Crippen LogP contribution is -2.02. The first-order valence-corrected chi connectivity index (χ1v) is 6.36. The van der Waals surface area contributed by atoms with Crippen molar-refractivity contribution in [3.8, 4) is 5.75 Å². The van der Waals surface area contributed by atoms with Gasteiger partial charge in [-0.15, -0.1) is 19.7 Å². The second-order valence-corrected chi connectivity index (χ2v) is 4.15. The van der Waals surface area contributed by atoms with Crippen LogP contribution in [0.3, 0.4) is 0 Å². The SMILES string of the molecule is C=CCc1cc(CC=C)c(OCC)c(CC=C)c1. The van der Waals surface area contributed by atoms with Gasteiger partial charge in [-0.3, -0.25) is 0 Å². The van der Waals surface area contributed by atoms with Crippen molar-refractivity contribution in [2.24, 2.45) is 0 Å². The van der Waals surface area contributed by atoms with Gasteiger partial charge in [0.1, 0.15) is 5.75 Å². The van der Waals surface area contributed by atoms with Gasteiger partial charge in [0.05, 0.1) is 6.61 Å². The summed E-state index contributed by atoms with van der Waals surface area (Å²) >= 11 is 0. The van der Waals surface area contributed by atoms with Gasteiger partial charge in [0.15, 0.2) is 0 Å². The lowest BCUT2D eigenvalue weighted by Gasteiger charge is -2.15. The number of benzene rings is 1. The van der Waals surface area contributed by atoms with Crippen molar-refractivity contribution >= 4 is 0 Å². The molecule has 0 aliphatic heterocycles. The molecule has 0 bridgehead atoms. The second-order valence-electron chi connectivity index (χ2n) is 4.15. The minimum Gasteiger partial charge on any atom is -0.493 e. The molecule has 0 unspecified atom stereocenters. The van der Waals surface area contributed by atoms with Gasteiger partial charge in [-0.1, -0.05) is 30.4 Å². The Morgan fingerprint density at radius 1 is 0.944 bits per heavy atom. The molecule has 0 atom stereocenters. The second kappa shape index (κ2) is 7.54. The van der Waals surface area contributed by atoms with E-state index < -0.39 is 0 Å². The van der Waals surface area contributed by atoms with E-state index in [1.807, 2.05) is 25.2 Å². The third-order valence-corrected chi connectivity index (χ3v) is 2.70. The van der Waals surface area contributed by atoms with Gasteiger partial charge in [0, 0.05) is 0 Å². The first kappa shape index (κ1) is 14.3. The number of hydrogen-bond donors (Lipinski definition) is 0. The Morgan fingerprint density at radius 2 is 1.44 bits per heavy atom. The summed E-state index contributed by atoms with van der Waals surface area (Å²) in [4.78, 5) is 0. The van der Waals surface area contributed by atoms with Crippen LogP contribution in [0, 0.1) is 0 Å². The highest BCUT2D eigenvalue weighted by Gasteiger charge is 2.10. The fourth-order valence-electron chi connectivity index (χ4n) is 2.06. The van der Waals surface area contributed by atoms with Crippen LogP contribution in [0.1, 0.15) is 23.6 Å². The van der Waals surface area contributed by atoms with Crippen LogP contribution in [0.5, 0.6) is 5.75 Å². The molecule has 0 aliphatic carbocycles. The van der Waals surface area contributed by atoms with Gasteiger partial charge in [-0.2, -0.15) is 0 Å². The molecular formula is C17H22O. The van der Waals surface area contributed by atoms with Gasteiger partial charge in [-0.25, -0.2) is 0 Å². The highest BCUT2D eigenvalue weighted by Crippen LogP contribution is 2.28. The fraction of sp³-hybridized carbons (Fsp3) is 0.294. The van der Waals surface area contributed by atoms with E-state index in [1.165, 1.54) is 16.7 Å². The first-order chi connectivity index (χ1) is 8.76. The standard InChI is InChI=1S/C17H22O/c1-5-9-14-12-15(10-6-2)17(18-8-4)16(13-14)11-7-3/h5-7,12-13H,1-3,8-11H2,4H3. The van der Waals surface area contributed by atoms with Crippen molar-refractivity contribution in [3.05, 3.63) is 66.8 Å². The Morgan fingerprint density at radius 3 is 1.83 bits per heavy atom. The topological polar surface area (TPSA) is 9.23 Å². The predicted octanol–water partition coefficient (Wildman–Crippen LogP) is 4.27. The highest BCUT2D eigenvalue weighted by molar-refractivity contribution is 5.47. The minimum atomic E-state index is 0.676. The van der Waals surface area contributed by atoms with Crippen LogP contribution < -0.4 is 4.74 Å². The van der Waals surface area contributed by atoms with Gasteiger partial charge < -0.3 is 4.74 Å². The number of rotatable bonds is 8. The lowest BCUT2D eigenvalue weighted by molar-refractivity contribution is 0.334. The van der Waals surface area contributed by atoms with Crippen LogP contribution in [0.4, 0.5) is 0 Å². The monoisotopic (exact) mass is 242 g/mol. The molecule has 18 heavy (non-hydrogen) atoms. The van der Waals surface area contributed by atoms with E-state index in [9.17, 15) is 0 Å². The molecule has 0 N–H and O–H groups in total. The van der Waals surface area contributed by atoms with Gasteiger partial charge in [0.2, 0.25) is 0 Å². The molecule has 0 saturated heterocycles. The number of allylic oxidation sites excluding steroid dienone is 3. The lowest BCUT2D eigenvalue weighted by atomic mass is 9.98. The van der Waals surface area contributed by atoms with Crippen LogP contribution >= 0.6 is 0 Å². The molecule has 0 saturated carbocycles. The minimum absolute atomic E-state index is 0.676. The third-order valence-electron chi connectivity index (χ3n) is 2.70. The molecule has 0 spiro atoms. The summed E-state index contributed by atoms with van der Waals surface area (Å²) in [7, 11) is 0. The van der Waals surface area contributed by atoms with Crippen molar-refractivity contribution in [2.45, 2.75) is 26.2 Å². The molecule has 0 aliphatic rings. The predicted molar refractivity (Wildman–Crippen MR) is 79.3 cm³/mol. The molecular weight excluding hydrogens is 220 g/mol. The zero-order valence-electron chi connectivity index (χ0n) is 11.2. The van der Waals surface area contributed by atoms with Crippen molar-refractivity contribution < 1.29 is 4.74 Å². The molecule has 1 rings (SSSR count). The number of ether oxygens (including phenoxy) is 1. The van der Waals surface area contributed by atoms with Crippen LogP contribution in [0.25, 0.3) is 0 Å². The van der Waals surface area contributed by atoms with E-state index in [0.717, 1.165) is 25.0 Å². The van der Waals surface area contributed by atoms with Gasteiger partial charge in [0.25, 0.3) is 0 Å². The van der Waals surface area contributed by atoms with Gasteiger partial charge in [-0.05, 0) is 42.9 Å². The maximum Gasteiger partial charge on any atom is 0.126 e. The summed E-state index contributed by atoms with van der Waals surface area (Å²) in [5.74, 6) is 0.991. The van der Waals surface area contributed by atoms with Crippen LogP contribution in [0.2, 0.25) is 0 Å². The summed E-state index contributed by atoms with van der Waals surface area (Å²) in [5, 5.41) is 0. The van der Waals surface area contributed by atoms with Crippen molar-refractivity contribution in [2.75, 3.05) is 6.61 Å². The Hall–Kier alpha value is -1.76. The average molecular weight is 242 g/mol. The fourth-order valence-corrected chi connectivity index (χ4v) is 2.06. The molecule has 0 amide bonds. The Kier molecular flexibility index (Phi) is 5.99. The van der Waals surface area contributed by atoms with Crippen molar-refractivity contribution in [3.63, 3.8) is 0 Å². The Bertz CT molecular complexity index is 398. The van der Waals surface area contributed by atoms with Crippen LogP contribution in [0.15, 0.2) is 50.1 Å². The molecule has 1 heteroatoms. The largest absolute Gasteiger partial charge is 0.493 e. The molecule has 1 aromatic rings. The quantitative estimate of drug-likeness (QED) is 0.618. The summed E-state index contributed by atoms with van der Waals surface area (Å²) in [6.07, 6.45) is 8.27. The Balaban J connectivity index is 3.27. The van der Waals surface area contributed by atoms with Crippen molar-refractivity contribution in [1.82, 2.24) is 0 Å². The third kappa shape index (κ3) is 3.63. The zero-order valence-corrected chi connectivity index (χ0v) is 11.2. The first-order valence-electron chi connectivity index (χ1n) is 6.36. The molecule has 0 aromatic heterocycles. The summed E-state index contributed by atoms with van der Waals surface area (Å²) in [6, 6.07) is 4.36. The summed E-state index contributed by atoms with van der Waals surface area (Å²) in [5.41, 5.74) is 3.66. The molecule has 1 aromatic carbocycles. The molecule has 0 fully saturated rings. The molecule has 0 heterocycles. The van der Waals surface area contributed by atoms with E-state index >= 15 is 0 Å². The van der Waals surface area contributed by atoms with E-state index in [4.69, 9.17) is 4.74 Å². The van der Waals surface area contributed by atoms with E-state index in [1.54, 1.807) is 0 Å². The Labute approximate surface area is 110 Å². The maximum atomic E-state index is 5.78. The molecule has 0 radical (unpaired) electrons. The average Bonchev–Trinajstić information content (AvgIpc) is 2.34. The molecule has 1 nitrogen and oxygen atoms in total. The van der Waals surface area contributed by atoms with Crippen molar-refractivity contribution in [1.29, 1.82) is 0 Å². The van der Waals surface area contributed by atoms with Crippen LogP contribution in [-0.2, 0) is 19.3 Å². The molecule has 96 valence electrons. The van der Waals surface area contributed by atoms with Crippen LogP contribution in [-0.4, -0.2) is 6.61 Å².